The molecule has 0 bridgehead atoms. The lowest BCUT2D eigenvalue weighted by molar-refractivity contribution is -0.384. The first-order chi connectivity index (χ1) is 7.50. The third-order valence-electron chi connectivity index (χ3n) is 1.74. The molecule has 1 aromatic carbocycles. The molecule has 0 heterocycles. The van der Waals surface area contributed by atoms with Gasteiger partial charge in [0.25, 0.3) is 5.69 Å². The van der Waals surface area contributed by atoms with Crippen molar-refractivity contribution in [3.8, 4) is 0 Å². The van der Waals surface area contributed by atoms with Gasteiger partial charge < -0.3 is 4.74 Å². The monoisotopic (exact) mass is 285 g/mol. The highest BCUT2D eigenvalue weighted by Gasteiger charge is 2.07. The zero-order valence-electron chi connectivity index (χ0n) is 8.18. The van der Waals surface area contributed by atoms with E-state index in [1.54, 1.807) is 0 Å². The van der Waals surface area contributed by atoms with E-state index in [-0.39, 0.29) is 16.8 Å². The average Bonchev–Trinajstić information content (AvgIpc) is 2.26. The SMILES string of the molecule is C=C(Br)C(=O)OCc1ccc([N+](=O)[O-])cc1. The summed E-state index contributed by atoms with van der Waals surface area (Å²) < 4.78 is 4.97. The van der Waals surface area contributed by atoms with E-state index < -0.39 is 10.9 Å². The molecule has 0 radical (unpaired) electrons. The number of ether oxygens (including phenoxy) is 1. The number of nitro groups is 1. The summed E-state index contributed by atoms with van der Waals surface area (Å²) in [5.74, 6) is -0.557. The number of nitro benzene ring substituents is 1. The molecular weight excluding hydrogens is 278 g/mol. The molecule has 0 amide bonds. The number of halogens is 1. The summed E-state index contributed by atoms with van der Waals surface area (Å²) in [6, 6.07) is 5.77. The van der Waals surface area contributed by atoms with Crippen LogP contribution in [0.5, 0.6) is 0 Å². The van der Waals surface area contributed by atoms with Gasteiger partial charge in [0, 0.05) is 12.1 Å². The average molecular weight is 286 g/mol. The van der Waals surface area contributed by atoms with E-state index in [1.807, 2.05) is 0 Å². The summed E-state index contributed by atoms with van der Waals surface area (Å²) in [7, 11) is 0. The Morgan fingerprint density at radius 3 is 2.44 bits per heavy atom. The number of rotatable bonds is 4. The molecule has 1 rings (SSSR count). The highest BCUT2D eigenvalue weighted by atomic mass is 79.9. The van der Waals surface area contributed by atoms with Crippen molar-refractivity contribution in [3.63, 3.8) is 0 Å². The van der Waals surface area contributed by atoms with Crippen LogP contribution in [-0.2, 0) is 16.1 Å². The van der Waals surface area contributed by atoms with Crippen LogP contribution < -0.4 is 0 Å². The quantitative estimate of drug-likeness (QED) is 0.369. The number of nitrogens with zero attached hydrogens (tertiary/aromatic N) is 1. The Morgan fingerprint density at radius 2 is 2.00 bits per heavy atom. The fraction of sp³-hybridized carbons (Fsp3) is 0.100. The predicted molar refractivity (Wildman–Crippen MR) is 61.0 cm³/mol. The number of non-ortho nitro benzene ring substituents is 1. The zero-order chi connectivity index (χ0) is 12.1. The maximum atomic E-state index is 11.0. The van der Waals surface area contributed by atoms with E-state index >= 15 is 0 Å². The molecule has 0 saturated carbocycles. The van der Waals surface area contributed by atoms with Gasteiger partial charge in [0.1, 0.15) is 6.61 Å². The van der Waals surface area contributed by atoms with E-state index in [9.17, 15) is 14.9 Å². The number of hydrogen-bond acceptors (Lipinski definition) is 4. The van der Waals surface area contributed by atoms with E-state index in [1.165, 1.54) is 24.3 Å². The molecule has 0 N–H and O–H groups in total. The van der Waals surface area contributed by atoms with E-state index in [4.69, 9.17) is 4.74 Å². The van der Waals surface area contributed by atoms with Crippen molar-refractivity contribution in [1.82, 2.24) is 0 Å². The molecule has 0 saturated heterocycles. The fourth-order valence-corrected chi connectivity index (χ4v) is 1.06. The second-order valence-electron chi connectivity index (χ2n) is 2.90. The van der Waals surface area contributed by atoms with Crippen LogP contribution in [0.25, 0.3) is 0 Å². The maximum Gasteiger partial charge on any atom is 0.344 e. The highest BCUT2D eigenvalue weighted by molar-refractivity contribution is 9.12. The summed E-state index contributed by atoms with van der Waals surface area (Å²) in [5.41, 5.74) is 0.674. The number of carbonyl (C=O) groups is 1. The molecule has 6 heteroatoms. The summed E-state index contributed by atoms with van der Waals surface area (Å²) in [4.78, 5) is 20.9. The van der Waals surface area contributed by atoms with Gasteiger partial charge in [0.05, 0.1) is 9.41 Å². The van der Waals surface area contributed by atoms with Gasteiger partial charge in [-0.2, -0.15) is 0 Å². The van der Waals surface area contributed by atoms with E-state index in [2.05, 4.69) is 22.5 Å². The summed E-state index contributed by atoms with van der Waals surface area (Å²) in [6.45, 7) is 3.41. The van der Waals surface area contributed by atoms with E-state index in [0.29, 0.717) is 5.56 Å². The minimum Gasteiger partial charge on any atom is -0.457 e. The smallest absolute Gasteiger partial charge is 0.344 e. The molecule has 1 aromatic rings. The topological polar surface area (TPSA) is 69.4 Å². The lowest BCUT2D eigenvalue weighted by atomic mass is 10.2. The Morgan fingerprint density at radius 1 is 1.44 bits per heavy atom. The van der Waals surface area contributed by atoms with Crippen molar-refractivity contribution >= 4 is 27.6 Å². The second kappa shape index (κ2) is 5.41. The predicted octanol–water partition coefficient (Wildman–Crippen LogP) is 2.55. The van der Waals surface area contributed by atoms with Crippen molar-refractivity contribution in [1.29, 1.82) is 0 Å². The number of esters is 1. The van der Waals surface area contributed by atoms with Gasteiger partial charge >= 0.3 is 5.97 Å². The molecule has 0 atom stereocenters. The van der Waals surface area contributed by atoms with Crippen LogP contribution in [0.4, 0.5) is 5.69 Å². The van der Waals surface area contributed by atoms with Crippen LogP contribution in [0.3, 0.4) is 0 Å². The number of benzene rings is 1. The number of hydrogen-bond donors (Lipinski definition) is 0. The minimum absolute atomic E-state index is 0.0000206. The Hall–Kier alpha value is -1.69. The molecule has 0 fully saturated rings. The van der Waals surface area contributed by atoms with Gasteiger partial charge in [0.15, 0.2) is 0 Å². The van der Waals surface area contributed by atoms with Crippen molar-refractivity contribution in [2.45, 2.75) is 6.61 Å². The van der Waals surface area contributed by atoms with Crippen LogP contribution in [-0.4, -0.2) is 10.9 Å². The standard InChI is InChI=1S/C10H8BrNO4/c1-7(11)10(13)16-6-8-2-4-9(5-3-8)12(14)15/h2-5H,1,6H2. The third kappa shape index (κ3) is 3.47. The first-order valence-electron chi connectivity index (χ1n) is 4.25. The Kier molecular flexibility index (Phi) is 4.19. The molecule has 5 nitrogen and oxygen atoms in total. The van der Waals surface area contributed by atoms with Crippen LogP contribution in [0.2, 0.25) is 0 Å². The van der Waals surface area contributed by atoms with Crippen LogP contribution in [0.15, 0.2) is 35.3 Å². The molecule has 16 heavy (non-hydrogen) atoms. The molecule has 0 spiro atoms. The molecule has 84 valence electrons. The van der Waals surface area contributed by atoms with Crippen molar-refractivity contribution < 1.29 is 14.5 Å². The molecule has 0 aliphatic rings. The van der Waals surface area contributed by atoms with Gasteiger partial charge in [0.2, 0.25) is 0 Å². The lowest BCUT2D eigenvalue weighted by Gasteiger charge is -2.03. The Balaban J connectivity index is 2.59. The van der Waals surface area contributed by atoms with E-state index in [0.717, 1.165) is 0 Å². The summed E-state index contributed by atoms with van der Waals surface area (Å²) in [6.07, 6.45) is 0. The Bertz CT molecular complexity index is 427. The third-order valence-corrected chi connectivity index (χ3v) is 2.06. The molecular formula is C10H8BrNO4. The van der Waals surface area contributed by atoms with Crippen LogP contribution in [0.1, 0.15) is 5.56 Å². The van der Waals surface area contributed by atoms with Gasteiger partial charge in [-0.1, -0.05) is 6.58 Å². The van der Waals surface area contributed by atoms with Gasteiger partial charge in [-0.05, 0) is 33.6 Å². The normalized spacial score (nSPS) is 9.56. The molecule has 0 aliphatic heterocycles. The van der Waals surface area contributed by atoms with Crippen molar-refractivity contribution in [2.75, 3.05) is 0 Å². The van der Waals surface area contributed by atoms with Crippen molar-refractivity contribution in [2.24, 2.45) is 0 Å². The zero-order valence-corrected chi connectivity index (χ0v) is 9.77. The largest absolute Gasteiger partial charge is 0.457 e. The molecule has 0 aromatic heterocycles. The van der Waals surface area contributed by atoms with Gasteiger partial charge in [-0.15, -0.1) is 0 Å². The van der Waals surface area contributed by atoms with Gasteiger partial charge in [-0.25, -0.2) is 4.79 Å². The number of carbonyl (C=O) groups excluding carboxylic acids is 1. The second-order valence-corrected chi connectivity index (χ2v) is 3.86. The first kappa shape index (κ1) is 12.4. The highest BCUT2D eigenvalue weighted by Crippen LogP contribution is 2.13. The maximum absolute atomic E-state index is 11.0. The minimum atomic E-state index is -0.557. The fourth-order valence-electron chi connectivity index (χ4n) is 0.941. The van der Waals surface area contributed by atoms with Crippen LogP contribution in [0, 0.1) is 10.1 Å². The summed E-state index contributed by atoms with van der Waals surface area (Å²) in [5, 5.41) is 10.4. The van der Waals surface area contributed by atoms with Crippen molar-refractivity contribution in [3.05, 3.63) is 51.0 Å². The molecule has 0 aliphatic carbocycles. The Labute approximate surface area is 100.0 Å². The lowest BCUT2D eigenvalue weighted by Crippen LogP contribution is -2.03. The molecule has 0 unspecified atom stereocenters. The summed E-state index contributed by atoms with van der Waals surface area (Å²) >= 11 is 2.89. The van der Waals surface area contributed by atoms with Gasteiger partial charge in [-0.3, -0.25) is 10.1 Å². The first-order valence-corrected chi connectivity index (χ1v) is 5.05. The van der Waals surface area contributed by atoms with Crippen LogP contribution >= 0.6 is 15.9 Å².